The first-order chi connectivity index (χ1) is 18.4. The van der Waals surface area contributed by atoms with Gasteiger partial charge in [-0.15, -0.1) is 0 Å². The van der Waals surface area contributed by atoms with E-state index in [0.29, 0.717) is 33.1 Å². The van der Waals surface area contributed by atoms with E-state index in [2.05, 4.69) is 25.6 Å². The molecule has 9 nitrogen and oxygen atoms in total. The monoisotopic (exact) mass is 558 g/mol. The predicted octanol–water partition coefficient (Wildman–Crippen LogP) is 6.41. The van der Waals surface area contributed by atoms with Crippen molar-refractivity contribution in [1.82, 2.24) is 20.4 Å². The quantitative estimate of drug-likeness (QED) is 0.0686. The van der Waals surface area contributed by atoms with E-state index in [9.17, 15) is 9.59 Å². The zero-order valence-electron chi connectivity index (χ0n) is 21.8. The highest BCUT2D eigenvalue weighted by Gasteiger charge is 2.15. The highest BCUT2D eigenvalue weighted by atomic mass is 35.5. The molecule has 204 valence electrons. The fraction of sp³-hybridized carbons (Fsp3) is 0.444. The van der Waals surface area contributed by atoms with E-state index in [1.54, 1.807) is 17.7 Å². The van der Waals surface area contributed by atoms with Gasteiger partial charge in [-0.25, -0.2) is 20.4 Å². The SMILES string of the molecule is Cc1nc(NCCCCCCCCCC(=O)NO)cc(Nc2ncc(C(=O)Cc3c(C)cccc3Cl)s2)n1. The zero-order chi connectivity index (χ0) is 27.3. The Balaban J connectivity index is 1.42. The van der Waals surface area contributed by atoms with Crippen LogP contribution < -0.4 is 16.1 Å². The Hall–Kier alpha value is -3.08. The molecule has 3 aromatic rings. The molecule has 0 saturated heterocycles. The number of benzene rings is 1. The minimum atomic E-state index is -0.319. The third-order valence-electron chi connectivity index (χ3n) is 6.06. The number of carbonyl (C=O) groups excluding carboxylic acids is 2. The highest BCUT2D eigenvalue weighted by Crippen LogP contribution is 2.26. The number of amides is 1. The van der Waals surface area contributed by atoms with Gasteiger partial charge in [0.1, 0.15) is 17.5 Å². The summed E-state index contributed by atoms with van der Waals surface area (Å²) < 4.78 is 0. The Morgan fingerprint density at radius 2 is 1.71 bits per heavy atom. The van der Waals surface area contributed by atoms with Gasteiger partial charge in [0.05, 0.1) is 11.1 Å². The largest absolute Gasteiger partial charge is 0.370 e. The number of aryl methyl sites for hydroxylation is 2. The number of thiazole rings is 1. The van der Waals surface area contributed by atoms with Crippen molar-refractivity contribution in [3.63, 3.8) is 0 Å². The number of nitrogens with one attached hydrogen (secondary N) is 3. The maximum Gasteiger partial charge on any atom is 0.243 e. The number of ketones is 1. The molecule has 2 aromatic heterocycles. The molecule has 38 heavy (non-hydrogen) atoms. The van der Waals surface area contributed by atoms with Crippen molar-refractivity contribution >= 4 is 51.4 Å². The summed E-state index contributed by atoms with van der Waals surface area (Å²) in [5, 5.41) is 16.2. The van der Waals surface area contributed by atoms with Gasteiger partial charge in [0.25, 0.3) is 0 Å². The molecule has 11 heteroatoms. The molecule has 4 N–H and O–H groups in total. The fourth-order valence-electron chi connectivity index (χ4n) is 4.00. The van der Waals surface area contributed by atoms with Crippen molar-refractivity contribution in [3.05, 3.63) is 57.3 Å². The second-order valence-electron chi connectivity index (χ2n) is 9.16. The van der Waals surface area contributed by atoms with Gasteiger partial charge in [-0.1, -0.05) is 67.2 Å². The lowest BCUT2D eigenvalue weighted by atomic mass is 10.0. The van der Waals surface area contributed by atoms with Gasteiger partial charge in [-0.2, -0.15) is 0 Å². The third kappa shape index (κ3) is 9.66. The maximum absolute atomic E-state index is 12.8. The van der Waals surface area contributed by atoms with Gasteiger partial charge >= 0.3 is 0 Å². The molecule has 0 radical (unpaired) electrons. The van der Waals surface area contributed by atoms with Crippen molar-refractivity contribution in [3.8, 4) is 0 Å². The smallest absolute Gasteiger partial charge is 0.243 e. The van der Waals surface area contributed by atoms with Crippen LogP contribution in [0.5, 0.6) is 0 Å². The molecule has 0 saturated carbocycles. The topological polar surface area (TPSA) is 129 Å². The van der Waals surface area contributed by atoms with Crippen LogP contribution in [0.15, 0.2) is 30.5 Å². The number of hydroxylamine groups is 1. The molecule has 0 bridgehead atoms. The van der Waals surface area contributed by atoms with Gasteiger partial charge in [0.2, 0.25) is 5.91 Å². The third-order valence-corrected chi connectivity index (χ3v) is 7.36. The van der Waals surface area contributed by atoms with E-state index < -0.39 is 0 Å². The van der Waals surface area contributed by atoms with Crippen LogP contribution in [-0.2, 0) is 11.2 Å². The Kier molecular flexibility index (Phi) is 11.9. The molecule has 1 aromatic carbocycles. The average Bonchev–Trinajstić information content (AvgIpc) is 3.35. The van der Waals surface area contributed by atoms with Gasteiger partial charge in [-0.3, -0.25) is 14.8 Å². The first kappa shape index (κ1) is 29.5. The van der Waals surface area contributed by atoms with Crippen LogP contribution in [-0.4, -0.2) is 38.4 Å². The zero-order valence-corrected chi connectivity index (χ0v) is 23.4. The number of hydrogen-bond donors (Lipinski definition) is 4. The van der Waals surface area contributed by atoms with E-state index in [1.165, 1.54) is 11.3 Å². The number of rotatable bonds is 16. The van der Waals surface area contributed by atoms with Crippen molar-refractivity contribution in [2.45, 2.75) is 71.6 Å². The van der Waals surface area contributed by atoms with Crippen LogP contribution in [0.1, 0.15) is 78.0 Å². The van der Waals surface area contributed by atoms with Gasteiger partial charge in [-0.05, 0) is 43.9 Å². The standard InChI is InChI=1S/C27H35ClN6O3S/c1-18-11-10-12-21(28)20(18)15-22(35)23-17-30-27(38-23)33-25-16-24(31-19(2)32-25)29-14-9-7-5-3-4-6-8-13-26(36)34-37/h10-12,16-17,37H,3-9,13-15H2,1-2H3,(H,34,36)(H2,29,30,31,32,33). The van der Waals surface area contributed by atoms with Crippen LogP contribution in [0.3, 0.4) is 0 Å². The first-order valence-electron chi connectivity index (χ1n) is 12.9. The minimum Gasteiger partial charge on any atom is -0.370 e. The summed E-state index contributed by atoms with van der Waals surface area (Å²) in [7, 11) is 0. The number of hydrogen-bond acceptors (Lipinski definition) is 9. The molecule has 0 aliphatic heterocycles. The number of nitrogens with zero attached hydrogens (tertiary/aromatic N) is 3. The van der Waals surface area contributed by atoms with Crippen molar-refractivity contribution < 1.29 is 14.8 Å². The summed E-state index contributed by atoms with van der Waals surface area (Å²) in [5.41, 5.74) is 3.49. The van der Waals surface area contributed by atoms with Gasteiger partial charge in [0, 0.05) is 30.5 Å². The summed E-state index contributed by atoms with van der Waals surface area (Å²) in [6.45, 7) is 4.59. The maximum atomic E-state index is 12.8. The van der Waals surface area contributed by atoms with E-state index >= 15 is 0 Å². The van der Waals surface area contributed by atoms with E-state index in [4.69, 9.17) is 16.8 Å². The number of carbonyl (C=O) groups is 2. The molecule has 0 atom stereocenters. The summed E-state index contributed by atoms with van der Waals surface area (Å²) >= 11 is 7.57. The molecule has 0 aliphatic rings. The summed E-state index contributed by atoms with van der Waals surface area (Å²) in [4.78, 5) is 37.6. The average molecular weight is 559 g/mol. The number of Topliss-reactive ketones (excluding diaryl/α,β-unsaturated/α-hetero) is 1. The Morgan fingerprint density at radius 3 is 2.45 bits per heavy atom. The van der Waals surface area contributed by atoms with Gasteiger partial charge < -0.3 is 10.6 Å². The second kappa shape index (κ2) is 15.4. The van der Waals surface area contributed by atoms with Crippen LogP contribution >= 0.6 is 22.9 Å². The molecular weight excluding hydrogens is 524 g/mol. The lowest BCUT2D eigenvalue weighted by Crippen LogP contribution is -2.17. The van der Waals surface area contributed by atoms with E-state index in [0.717, 1.165) is 68.4 Å². The fourth-order valence-corrected chi connectivity index (χ4v) is 5.05. The van der Waals surface area contributed by atoms with E-state index in [-0.39, 0.29) is 18.1 Å². The molecule has 0 unspecified atom stereocenters. The van der Waals surface area contributed by atoms with E-state index in [1.807, 2.05) is 32.0 Å². The summed E-state index contributed by atoms with van der Waals surface area (Å²) in [6.07, 6.45) is 9.51. The number of aromatic nitrogens is 3. The number of halogens is 1. The normalized spacial score (nSPS) is 10.8. The molecule has 0 fully saturated rings. The van der Waals surface area contributed by atoms with Crippen molar-refractivity contribution in [1.29, 1.82) is 0 Å². The predicted molar refractivity (Wildman–Crippen MR) is 152 cm³/mol. The Bertz CT molecular complexity index is 1200. The molecule has 1 amide bonds. The molecule has 0 aliphatic carbocycles. The number of anilines is 3. The van der Waals surface area contributed by atoms with Crippen LogP contribution in [0, 0.1) is 13.8 Å². The van der Waals surface area contributed by atoms with Crippen LogP contribution in [0.4, 0.5) is 16.8 Å². The lowest BCUT2D eigenvalue weighted by molar-refractivity contribution is -0.129. The minimum absolute atomic E-state index is 0.0259. The lowest BCUT2D eigenvalue weighted by Gasteiger charge is -2.09. The number of unbranched alkanes of at least 4 members (excludes halogenated alkanes) is 6. The van der Waals surface area contributed by atoms with Crippen molar-refractivity contribution in [2.75, 3.05) is 17.2 Å². The Labute approximate surface area is 232 Å². The van der Waals surface area contributed by atoms with Gasteiger partial charge in [0.15, 0.2) is 10.9 Å². The van der Waals surface area contributed by atoms with Crippen LogP contribution in [0.2, 0.25) is 5.02 Å². The summed E-state index contributed by atoms with van der Waals surface area (Å²) in [6, 6.07) is 7.46. The molecule has 0 spiro atoms. The first-order valence-corrected chi connectivity index (χ1v) is 14.1. The molecule has 2 heterocycles. The molecule has 3 rings (SSSR count). The molecular formula is C27H35ClN6O3S. The Morgan fingerprint density at radius 1 is 1.00 bits per heavy atom. The second-order valence-corrected chi connectivity index (χ2v) is 10.6. The highest BCUT2D eigenvalue weighted by molar-refractivity contribution is 7.17. The van der Waals surface area contributed by atoms with Crippen LogP contribution in [0.25, 0.3) is 0 Å². The summed E-state index contributed by atoms with van der Waals surface area (Å²) in [5.74, 6) is 1.64. The van der Waals surface area contributed by atoms with Crippen molar-refractivity contribution in [2.24, 2.45) is 0 Å².